The molecule has 0 spiro atoms. The summed E-state index contributed by atoms with van der Waals surface area (Å²) in [6, 6.07) is 18.7. The number of esters is 1. The van der Waals surface area contributed by atoms with Crippen molar-refractivity contribution in [3.05, 3.63) is 70.7 Å². The van der Waals surface area contributed by atoms with Crippen LogP contribution in [0.5, 0.6) is 0 Å². The number of fused-ring (bicyclic) bond motifs is 1. The van der Waals surface area contributed by atoms with Crippen LogP contribution in [0, 0.1) is 6.92 Å². The average molecular weight is 469 g/mol. The van der Waals surface area contributed by atoms with Crippen molar-refractivity contribution in [2.75, 3.05) is 17.2 Å². The van der Waals surface area contributed by atoms with Gasteiger partial charge in [-0.1, -0.05) is 52.3 Å². The fraction of sp³-hybridized carbons (Fsp3) is 0.174. The second-order valence-electron chi connectivity index (χ2n) is 6.74. The first-order valence-corrected chi connectivity index (χ1v) is 10.2. The molecule has 0 aliphatic heterocycles. The molecule has 0 saturated carbocycles. The molecule has 3 aromatic carbocycles. The predicted molar refractivity (Wildman–Crippen MR) is 120 cm³/mol. The van der Waals surface area contributed by atoms with E-state index in [0.717, 1.165) is 20.8 Å². The Kier molecular flexibility index (Phi) is 7.19. The Morgan fingerprint density at radius 3 is 2.40 bits per heavy atom. The number of benzene rings is 3. The third kappa shape index (κ3) is 5.90. The minimum absolute atomic E-state index is 0.0285. The van der Waals surface area contributed by atoms with Gasteiger partial charge in [-0.2, -0.15) is 0 Å². The summed E-state index contributed by atoms with van der Waals surface area (Å²) in [6.45, 7) is 1.47. The maximum Gasteiger partial charge on any atom is 0.306 e. The average Bonchev–Trinajstić information content (AvgIpc) is 2.73. The maximum atomic E-state index is 12.1. The molecular formula is C23H21BrN2O4. The molecule has 0 unspecified atom stereocenters. The normalized spacial score (nSPS) is 10.5. The maximum absolute atomic E-state index is 12.1. The lowest BCUT2D eigenvalue weighted by molar-refractivity contribution is -0.147. The number of carbonyl (C=O) groups excluding carboxylic acids is 3. The molecule has 0 heterocycles. The monoisotopic (exact) mass is 468 g/mol. The van der Waals surface area contributed by atoms with E-state index in [2.05, 4.69) is 26.6 Å². The van der Waals surface area contributed by atoms with Crippen LogP contribution >= 0.6 is 15.9 Å². The van der Waals surface area contributed by atoms with E-state index in [1.807, 2.05) is 55.5 Å². The highest BCUT2D eigenvalue weighted by molar-refractivity contribution is 9.10. The Labute approximate surface area is 182 Å². The van der Waals surface area contributed by atoms with E-state index in [1.54, 1.807) is 12.1 Å². The van der Waals surface area contributed by atoms with Crippen molar-refractivity contribution < 1.29 is 19.1 Å². The number of aryl methyl sites for hydroxylation is 1. The minimum atomic E-state index is -0.606. The molecule has 3 rings (SSSR count). The van der Waals surface area contributed by atoms with Crippen LogP contribution in [0.4, 0.5) is 11.4 Å². The van der Waals surface area contributed by atoms with E-state index in [0.29, 0.717) is 11.4 Å². The van der Waals surface area contributed by atoms with Gasteiger partial charge in [-0.05, 0) is 42.1 Å². The van der Waals surface area contributed by atoms with Crippen molar-refractivity contribution in [1.29, 1.82) is 0 Å². The van der Waals surface area contributed by atoms with Crippen molar-refractivity contribution >= 4 is 55.9 Å². The Morgan fingerprint density at radius 1 is 0.867 bits per heavy atom. The number of halogens is 1. The summed E-state index contributed by atoms with van der Waals surface area (Å²) in [6.07, 6.45) is -0.137. The van der Waals surface area contributed by atoms with Gasteiger partial charge in [0.25, 0.3) is 5.91 Å². The van der Waals surface area contributed by atoms with E-state index in [1.165, 1.54) is 0 Å². The Balaban J connectivity index is 1.44. The highest BCUT2D eigenvalue weighted by atomic mass is 79.9. The van der Waals surface area contributed by atoms with Gasteiger partial charge in [0.2, 0.25) is 5.91 Å². The number of hydrogen-bond donors (Lipinski definition) is 2. The molecule has 0 fully saturated rings. The van der Waals surface area contributed by atoms with E-state index < -0.39 is 18.5 Å². The smallest absolute Gasteiger partial charge is 0.306 e. The summed E-state index contributed by atoms with van der Waals surface area (Å²) in [5.41, 5.74) is 2.25. The first-order chi connectivity index (χ1) is 14.4. The van der Waals surface area contributed by atoms with E-state index in [-0.39, 0.29) is 18.7 Å². The predicted octanol–water partition coefficient (Wildman–Crippen LogP) is 4.81. The van der Waals surface area contributed by atoms with E-state index in [4.69, 9.17) is 4.74 Å². The van der Waals surface area contributed by atoms with Gasteiger partial charge in [-0.15, -0.1) is 0 Å². The molecule has 0 aliphatic carbocycles. The standard InChI is InChI=1S/C23H21BrN2O4/c1-15-13-17(24)9-10-19(15)25-21(27)11-12-23(29)30-14-22(28)26-20-8-4-6-16-5-2-3-7-18(16)20/h2-10,13H,11-12,14H2,1H3,(H,25,27)(H,26,28). The van der Waals surface area contributed by atoms with Gasteiger partial charge in [0.1, 0.15) is 0 Å². The van der Waals surface area contributed by atoms with E-state index >= 15 is 0 Å². The third-order valence-electron chi connectivity index (χ3n) is 4.45. The Bertz CT molecular complexity index is 1090. The lowest BCUT2D eigenvalue weighted by atomic mass is 10.1. The summed E-state index contributed by atoms with van der Waals surface area (Å²) in [5, 5.41) is 7.41. The number of amides is 2. The van der Waals surface area contributed by atoms with Crippen LogP contribution in [0.1, 0.15) is 18.4 Å². The molecular weight excluding hydrogens is 448 g/mol. The Hall–Kier alpha value is -3.19. The number of ether oxygens (including phenoxy) is 1. The summed E-state index contributed by atoms with van der Waals surface area (Å²) in [4.78, 5) is 36.1. The quantitative estimate of drug-likeness (QED) is 0.487. The fourth-order valence-corrected chi connectivity index (χ4v) is 3.41. The molecule has 154 valence electrons. The lowest BCUT2D eigenvalue weighted by Crippen LogP contribution is -2.22. The molecule has 3 aromatic rings. The van der Waals surface area contributed by atoms with Gasteiger partial charge < -0.3 is 15.4 Å². The summed E-state index contributed by atoms with van der Waals surface area (Å²) in [7, 11) is 0. The van der Waals surface area contributed by atoms with Crippen LogP contribution in [0.3, 0.4) is 0 Å². The highest BCUT2D eigenvalue weighted by Crippen LogP contribution is 2.23. The largest absolute Gasteiger partial charge is 0.456 e. The van der Waals surface area contributed by atoms with Gasteiger partial charge in [0, 0.05) is 27.7 Å². The molecule has 0 radical (unpaired) electrons. The van der Waals surface area contributed by atoms with Gasteiger partial charge >= 0.3 is 5.97 Å². The summed E-state index contributed by atoms with van der Waals surface area (Å²) >= 11 is 3.37. The number of nitrogens with one attached hydrogen (secondary N) is 2. The number of anilines is 2. The molecule has 7 heteroatoms. The van der Waals surface area contributed by atoms with Crippen LogP contribution in [0.15, 0.2) is 65.1 Å². The molecule has 6 nitrogen and oxygen atoms in total. The molecule has 2 N–H and O–H groups in total. The SMILES string of the molecule is Cc1cc(Br)ccc1NC(=O)CCC(=O)OCC(=O)Nc1cccc2ccccc12. The zero-order valence-corrected chi connectivity index (χ0v) is 18.0. The second-order valence-corrected chi connectivity index (χ2v) is 7.66. The van der Waals surface area contributed by atoms with Gasteiger partial charge in [0.15, 0.2) is 6.61 Å². The first-order valence-electron chi connectivity index (χ1n) is 9.41. The summed E-state index contributed by atoms with van der Waals surface area (Å²) < 4.78 is 5.91. The zero-order valence-electron chi connectivity index (χ0n) is 16.4. The van der Waals surface area contributed by atoms with Crippen LogP contribution in [-0.2, 0) is 19.1 Å². The lowest BCUT2D eigenvalue weighted by Gasteiger charge is -2.10. The third-order valence-corrected chi connectivity index (χ3v) is 4.94. The van der Waals surface area contributed by atoms with Crippen molar-refractivity contribution in [2.24, 2.45) is 0 Å². The Morgan fingerprint density at radius 2 is 1.60 bits per heavy atom. The molecule has 0 saturated heterocycles. The molecule has 0 atom stereocenters. The topological polar surface area (TPSA) is 84.5 Å². The second kappa shape index (κ2) is 10.0. The molecule has 0 aliphatic rings. The first kappa shape index (κ1) is 21.5. The van der Waals surface area contributed by atoms with Gasteiger partial charge in [-0.3, -0.25) is 14.4 Å². The van der Waals surface area contributed by atoms with Crippen LogP contribution in [0.25, 0.3) is 10.8 Å². The molecule has 30 heavy (non-hydrogen) atoms. The van der Waals surface area contributed by atoms with Crippen LogP contribution in [0.2, 0.25) is 0 Å². The number of hydrogen-bond acceptors (Lipinski definition) is 4. The number of rotatable bonds is 7. The molecule has 0 aromatic heterocycles. The van der Waals surface area contributed by atoms with Crippen molar-refractivity contribution in [2.45, 2.75) is 19.8 Å². The zero-order chi connectivity index (χ0) is 21.5. The van der Waals surface area contributed by atoms with Crippen molar-refractivity contribution in [1.82, 2.24) is 0 Å². The molecule has 2 amide bonds. The van der Waals surface area contributed by atoms with Crippen molar-refractivity contribution in [3.63, 3.8) is 0 Å². The van der Waals surface area contributed by atoms with Crippen LogP contribution < -0.4 is 10.6 Å². The minimum Gasteiger partial charge on any atom is -0.456 e. The van der Waals surface area contributed by atoms with Crippen molar-refractivity contribution in [3.8, 4) is 0 Å². The number of carbonyl (C=O) groups is 3. The fourth-order valence-electron chi connectivity index (χ4n) is 2.93. The highest BCUT2D eigenvalue weighted by Gasteiger charge is 2.12. The summed E-state index contributed by atoms with van der Waals surface area (Å²) in [5.74, 6) is -1.34. The van der Waals surface area contributed by atoms with Gasteiger partial charge in [0.05, 0.1) is 6.42 Å². The van der Waals surface area contributed by atoms with Crippen LogP contribution in [-0.4, -0.2) is 24.4 Å². The van der Waals surface area contributed by atoms with Gasteiger partial charge in [-0.25, -0.2) is 0 Å². The molecule has 0 bridgehead atoms. The van der Waals surface area contributed by atoms with E-state index in [9.17, 15) is 14.4 Å².